The molecule has 1 N–H and O–H groups in total. The Hall–Kier alpha value is -2.17. The highest BCUT2D eigenvalue weighted by molar-refractivity contribution is 7.15. The smallest absolute Gasteiger partial charge is 0.116 e. The molecule has 0 saturated heterocycles. The van der Waals surface area contributed by atoms with Crippen LogP contribution in [0.3, 0.4) is 0 Å². The van der Waals surface area contributed by atoms with Gasteiger partial charge >= 0.3 is 0 Å². The van der Waals surface area contributed by atoms with Crippen LogP contribution in [0.5, 0.6) is 5.75 Å². The number of benzene rings is 2. The zero-order valence-corrected chi connectivity index (χ0v) is 16.9. The Balaban J connectivity index is 2.08. The van der Waals surface area contributed by atoms with Gasteiger partial charge in [0.2, 0.25) is 0 Å². The predicted octanol–water partition coefficient (Wildman–Crippen LogP) is 5.54. The first-order valence-corrected chi connectivity index (χ1v) is 9.60. The largest absolute Gasteiger partial charge is 0.508 e. The summed E-state index contributed by atoms with van der Waals surface area (Å²) in [6, 6.07) is 16.1. The summed E-state index contributed by atoms with van der Waals surface area (Å²) in [6.07, 6.45) is 0. The normalized spacial score (nSPS) is 11.9. The molecule has 0 amide bonds. The lowest BCUT2D eigenvalue weighted by Gasteiger charge is -2.19. The van der Waals surface area contributed by atoms with E-state index in [-0.39, 0.29) is 11.2 Å². The van der Waals surface area contributed by atoms with E-state index in [1.807, 2.05) is 26.2 Å². The minimum absolute atomic E-state index is 0.135. The number of phenolic OH excluding ortho intramolecular Hbond substituents is 1. The summed E-state index contributed by atoms with van der Waals surface area (Å²) in [5.74, 6) is 0.263. The van der Waals surface area contributed by atoms with Gasteiger partial charge in [-0.3, -0.25) is 0 Å². The number of phenols is 1. The second-order valence-electron chi connectivity index (χ2n) is 7.90. The third kappa shape index (κ3) is 4.14. The standard InChI is InChI=1S/C22H26N2OS/c1-22(2,3)17-11-9-15(10-12-17)21-20(16-7-6-8-18(25)13-16)23-19(26-21)14-24(4)5/h6-13,25H,14H2,1-5H3. The molecular weight excluding hydrogens is 340 g/mol. The molecule has 0 bridgehead atoms. The predicted molar refractivity (Wildman–Crippen MR) is 111 cm³/mol. The lowest BCUT2D eigenvalue weighted by molar-refractivity contribution is 0.402. The number of thiazole rings is 1. The molecule has 0 unspecified atom stereocenters. The monoisotopic (exact) mass is 366 g/mol. The molecule has 3 nitrogen and oxygen atoms in total. The van der Waals surface area contributed by atoms with Crippen molar-refractivity contribution >= 4 is 11.3 Å². The zero-order chi connectivity index (χ0) is 18.9. The van der Waals surface area contributed by atoms with Crippen molar-refractivity contribution in [1.82, 2.24) is 9.88 Å². The number of hydrogen-bond donors (Lipinski definition) is 1. The van der Waals surface area contributed by atoms with Gasteiger partial charge in [0.05, 0.1) is 10.6 Å². The maximum Gasteiger partial charge on any atom is 0.116 e. The van der Waals surface area contributed by atoms with E-state index in [4.69, 9.17) is 4.98 Å². The summed E-state index contributed by atoms with van der Waals surface area (Å²) in [5, 5.41) is 11.0. The van der Waals surface area contributed by atoms with Crippen LogP contribution in [-0.2, 0) is 12.0 Å². The lowest BCUT2D eigenvalue weighted by Crippen LogP contribution is -2.10. The minimum atomic E-state index is 0.135. The summed E-state index contributed by atoms with van der Waals surface area (Å²) < 4.78 is 0. The third-order valence-corrected chi connectivity index (χ3v) is 5.34. The first kappa shape index (κ1) is 18.6. The molecule has 0 saturated carbocycles. The van der Waals surface area contributed by atoms with Crippen molar-refractivity contribution in [3.05, 3.63) is 59.1 Å². The summed E-state index contributed by atoms with van der Waals surface area (Å²) in [5.41, 5.74) is 4.50. The molecule has 0 spiro atoms. The zero-order valence-electron chi connectivity index (χ0n) is 16.1. The minimum Gasteiger partial charge on any atom is -0.508 e. The van der Waals surface area contributed by atoms with Gasteiger partial charge in [0.15, 0.2) is 0 Å². The third-order valence-electron chi connectivity index (χ3n) is 4.26. The van der Waals surface area contributed by atoms with E-state index >= 15 is 0 Å². The highest BCUT2D eigenvalue weighted by atomic mass is 32.1. The Morgan fingerprint density at radius 2 is 1.69 bits per heavy atom. The fourth-order valence-corrected chi connectivity index (χ4v) is 4.08. The molecule has 0 fully saturated rings. The van der Waals surface area contributed by atoms with Crippen LogP contribution < -0.4 is 0 Å². The molecule has 3 aromatic rings. The Morgan fingerprint density at radius 1 is 1.00 bits per heavy atom. The van der Waals surface area contributed by atoms with Gasteiger partial charge in [0, 0.05) is 12.1 Å². The maximum atomic E-state index is 9.88. The van der Waals surface area contributed by atoms with Crippen molar-refractivity contribution in [3.63, 3.8) is 0 Å². The van der Waals surface area contributed by atoms with Crippen molar-refractivity contribution in [1.29, 1.82) is 0 Å². The van der Waals surface area contributed by atoms with E-state index in [0.717, 1.165) is 27.7 Å². The maximum absolute atomic E-state index is 9.88. The first-order valence-electron chi connectivity index (χ1n) is 8.79. The number of aromatic nitrogens is 1. The Bertz CT molecular complexity index is 889. The van der Waals surface area contributed by atoms with Crippen LogP contribution in [0.15, 0.2) is 48.5 Å². The van der Waals surface area contributed by atoms with Crippen molar-refractivity contribution in [2.45, 2.75) is 32.7 Å². The van der Waals surface area contributed by atoms with Crippen molar-refractivity contribution in [2.75, 3.05) is 14.1 Å². The number of nitrogens with zero attached hydrogens (tertiary/aromatic N) is 2. The van der Waals surface area contributed by atoms with Gasteiger partial charge < -0.3 is 10.0 Å². The van der Waals surface area contributed by atoms with Crippen molar-refractivity contribution in [2.24, 2.45) is 0 Å². The van der Waals surface area contributed by atoms with Gasteiger partial charge in [-0.15, -0.1) is 11.3 Å². The molecule has 0 aliphatic heterocycles. The second kappa shape index (κ2) is 7.22. The Labute approximate surface area is 160 Å². The topological polar surface area (TPSA) is 36.4 Å². The molecule has 0 radical (unpaired) electrons. The average molecular weight is 367 g/mol. The van der Waals surface area contributed by atoms with E-state index in [0.29, 0.717) is 0 Å². The molecule has 3 rings (SSSR count). The summed E-state index contributed by atoms with van der Waals surface area (Å²) in [4.78, 5) is 8.14. The fraction of sp³-hybridized carbons (Fsp3) is 0.318. The van der Waals surface area contributed by atoms with E-state index < -0.39 is 0 Å². The van der Waals surface area contributed by atoms with Gasteiger partial charge in [0.1, 0.15) is 10.8 Å². The Kier molecular flexibility index (Phi) is 5.17. The van der Waals surface area contributed by atoms with Crippen molar-refractivity contribution in [3.8, 4) is 27.4 Å². The second-order valence-corrected chi connectivity index (χ2v) is 8.98. The molecule has 1 heterocycles. The average Bonchev–Trinajstić information content (AvgIpc) is 2.97. The molecular formula is C22H26N2OS. The molecule has 0 atom stereocenters. The van der Waals surface area contributed by atoms with Crippen LogP contribution in [0, 0.1) is 0 Å². The van der Waals surface area contributed by atoms with E-state index in [1.54, 1.807) is 23.5 Å². The van der Waals surface area contributed by atoms with E-state index in [9.17, 15) is 5.11 Å². The molecule has 0 aliphatic carbocycles. The molecule has 4 heteroatoms. The first-order chi connectivity index (χ1) is 12.2. The summed E-state index contributed by atoms with van der Waals surface area (Å²) in [6.45, 7) is 7.47. The van der Waals surface area contributed by atoms with Crippen LogP contribution in [0.2, 0.25) is 0 Å². The SMILES string of the molecule is CN(C)Cc1nc(-c2cccc(O)c2)c(-c2ccc(C(C)(C)C)cc2)s1. The van der Waals surface area contributed by atoms with Crippen LogP contribution >= 0.6 is 11.3 Å². The molecule has 2 aromatic carbocycles. The van der Waals surface area contributed by atoms with Crippen LogP contribution in [0.25, 0.3) is 21.7 Å². The van der Waals surface area contributed by atoms with Crippen LogP contribution in [-0.4, -0.2) is 29.1 Å². The summed E-state index contributed by atoms with van der Waals surface area (Å²) >= 11 is 1.72. The summed E-state index contributed by atoms with van der Waals surface area (Å²) in [7, 11) is 4.10. The molecule has 0 aliphatic rings. The van der Waals surface area contributed by atoms with Crippen LogP contribution in [0.1, 0.15) is 31.3 Å². The van der Waals surface area contributed by atoms with Crippen molar-refractivity contribution < 1.29 is 5.11 Å². The van der Waals surface area contributed by atoms with Gasteiger partial charge in [-0.25, -0.2) is 4.98 Å². The highest BCUT2D eigenvalue weighted by Crippen LogP contribution is 2.38. The molecule has 136 valence electrons. The van der Waals surface area contributed by atoms with Gasteiger partial charge in [-0.05, 0) is 42.8 Å². The van der Waals surface area contributed by atoms with Gasteiger partial charge in [0.25, 0.3) is 0 Å². The Morgan fingerprint density at radius 3 is 2.27 bits per heavy atom. The number of aromatic hydroxyl groups is 1. The highest BCUT2D eigenvalue weighted by Gasteiger charge is 2.18. The van der Waals surface area contributed by atoms with Gasteiger partial charge in [-0.1, -0.05) is 57.2 Å². The van der Waals surface area contributed by atoms with E-state index in [1.165, 1.54) is 11.1 Å². The lowest BCUT2D eigenvalue weighted by atomic mass is 9.86. The molecule has 1 aromatic heterocycles. The fourth-order valence-electron chi connectivity index (χ4n) is 2.87. The molecule has 26 heavy (non-hydrogen) atoms. The van der Waals surface area contributed by atoms with Crippen LogP contribution in [0.4, 0.5) is 0 Å². The quantitative estimate of drug-likeness (QED) is 0.658. The number of hydrogen-bond acceptors (Lipinski definition) is 4. The van der Waals surface area contributed by atoms with E-state index in [2.05, 4.69) is 49.9 Å². The number of rotatable bonds is 4. The van der Waals surface area contributed by atoms with Gasteiger partial charge in [-0.2, -0.15) is 0 Å².